The molecule has 2 saturated heterocycles. The number of nitrogens with one attached hydrogen (secondary N) is 1. The molecule has 0 bridgehead atoms. The number of Topliss-reactive ketones (excluding diaryl/α,β-unsaturated/α-hetero) is 1. The maximum Gasteiger partial charge on any atom is 0.256 e. The number of hydrogen-bond acceptors (Lipinski definition) is 3. The summed E-state index contributed by atoms with van der Waals surface area (Å²) in [5.74, 6) is 0.199. The molecule has 0 radical (unpaired) electrons. The van der Waals surface area contributed by atoms with Gasteiger partial charge in [-0.15, -0.1) is 0 Å². The molecule has 4 rings (SSSR count). The number of likely N-dealkylation sites (tertiary alicyclic amines) is 2. The number of aromatic amines is 1. The third-order valence-corrected chi connectivity index (χ3v) is 6.17. The van der Waals surface area contributed by atoms with Crippen molar-refractivity contribution in [3.05, 3.63) is 22.5 Å². The van der Waals surface area contributed by atoms with Crippen LogP contribution >= 0.6 is 0 Å². The minimum atomic E-state index is 0.0638. The van der Waals surface area contributed by atoms with Crippen molar-refractivity contribution in [2.75, 3.05) is 33.2 Å². The predicted molar refractivity (Wildman–Crippen MR) is 92.5 cm³/mol. The molecule has 2 fully saturated rings. The lowest BCUT2D eigenvalue weighted by Crippen LogP contribution is -2.47. The van der Waals surface area contributed by atoms with E-state index >= 15 is 0 Å². The normalized spacial score (nSPS) is 27.8. The van der Waals surface area contributed by atoms with Crippen LogP contribution in [0.4, 0.5) is 0 Å². The molecule has 130 valence electrons. The van der Waals surface area contributed by atoms with Crippen molar-refractivity contribution in [2.24, 2.45) is 5.41 Å². The number of piperidine rings is 1. The fourth-order valence-corrected chi connectivity index (χ4v) is 5.03. The number of ketones is 1. The number of carbonyl (C=O) groups excluding carboxylic acids is 2. The first-order valence-electron chi connectivity index (χ1n) is 9.22. The molecule has 1 spiro atoms. The second-order valence-corrected chi connectivity index (χ2v) is 8.07. The lowest BCUT2D eigenvalue weighted by atomic mass is 9.79. The molecule has 1 N–H and O–H groups in total. The van der Waals surface area contributed by atoms with Gasteiger partial charge < -0.3 is 14.8 Å². The Bertz CT molecular complexity index is 689. The van der Waals surface area contributed by atoms with Crippen LogP contribution < -0.4 is 0 Å². The number of aryl methyl sites for hydroxylation is 2. The number of nitrogens with zero attached hydrogens (tertiary/aromatic N) is 2. The molecule has 5 heteroatoms. The minimum Gasteiger partial charge on any atom is -0.361 e. The van der Waals surface area contributed by atoms with Crippen molar-refractivity contribution in [2.45, 2.75) is 45.4 Å². The van der Waals surface area contributed by atoms with Crippen molar-refractivity contribution in [3.63, 3.8) is 0 Å². The lowest BCUT2D eigenvalue weighted by molar-refractivity contribution is 0.0531. The van der Waals surface area contributed by atoms with E-state index in [1.807, 2.05) is 11.8 Å². The highest BCUT2D eigenvalue weighted by Crippen LogP contribution is 2.39. The molecule has 24 heavy (non-hydrogen) atoms. The molecule has 3 aliphatic rings. The van der Waals surface area contributed by atoms with Gasteiger partial charge in [0.05, 0.1) is 11.1 Å². The molecule has 1 amide bonds. The molecule has 1 aromatic heterocycles. The summed E-state index contributed by atoms with van der Waals surface area (Å²) in [7, 11) is 2.17. The number of hydrogen-bond donors (Lipinski definition) is 1. The lowest BCUT2D eigenvalue weighted by Gasteiger charge is -2.40. The SMILES string of the molecule is Cc1[nH]c2c(c1C(=O)N1CCCC3(CCN(C)C3)C1)C(=O)CCC2. The molecule has 0 aromatic carbocycles. The summed E-state index contributed by atoms with van der Waals surface area (Å²) in [4.78, 5) is 33.4. The fraction of sp³-hybridized carbons (Fsp3) is 0.684. The molecule has 1 aromatic rings. The van der Waals surface area contributed by atoms with Gasteiger partial charge in [0.15, 0.2) is 5.78 Å². The number of rotatable bonds is 1. The zero-order valence-corrected chi connectivity index (χ0v) is 14.8. The van der Waals surface area contributed by atoms with Gasteiger partial charge in [-0.25, -0.2) is 0 Å². The Labute approximate surface area is 143 Å². The Morgan fingerprint density at radius 1 is 1.12 bits per heavy atom. The summed E-state index contributed by atoms with van der Waals surface area (Å²) in [6, 6.07) is 0. The number of fused-ring (bicyclic) bond motifs is 1. The van der Waals surface area contributed by atoms with Gasteiger partial charge >= 0.3 is 0 Å². The van der Waals surface area contributed by atoms with Gasteiger partial charge in [0.25, 0.3) is 5.91 Å². The largest absolute Gasteiger partial charge is 0.361 e. The maximum atomic E-state index is 13.3. The van der Waals surface area contributed by atoms with Gasteiger partial charge in [-0.3, -0.25) is 9.59 Å². The topological polar surface area (TPSA) is 56.4 Å². The van der Waals surface area contributed by atoms with Crippen LogP contribution in [0.1, 0.15) is 64.2 Å². The summed E-state index contributed by atoms with van der Waals surface area (Å²) in [6.07, 6.45) is 5.79. The zero-order valence-electron chi connectivity index (χ0n) is 14.8. The van der Waals surface area contributed by atoms with Gasteiger partial charge in [-0.1, -0.05) is 0 Å². The zero-order chi connectivity index (χ0) is 16.9. The fourth-order valence-electron chi connectivity index (χ4n) is 5.03. The number of H-pyrrole nitrogens is 1. The molecular formula is C19H27N3O2. The highest BCUT2D eigenvalue weighted by molar-refractivity contribution is 6.10. The van der Waals surface area contributed by atoms with Crippen LogP contribution in [0.25, 0.3) is 0 Å². The summed E-state index contributed by atoms with van der Waals surface area (Å²) in [6.45, 7) is 5.79. The highest BCUT2D eigenvalue weighted by atomic mass is 16.2. The number of aromatic nitrogens is 1. The van der Waals surface area contributed by atoms with E-state index in [4.69, 9.17) is 0 Å². The van der Waals surface area contributed by atoms with E-state index in [0.717, 1.165) is 56.8 Å². The van der Waals surface area contributed by atoms with Crippen LogP contribution in [0, 0.1) is 12.3 Å². The maximum absolute atomic E-state index is 13.3. The van der Waals surface area contributed by atoms with E-state index < -0.39 is 0 Å². The molecule has 1 aliphatic carbocycles. The first kappa shape index (κ1) is 15.9. The second kappa shape index (κ2) is 5.73. The number of amides is 1. The molecular weight excluding hydrogens is 302 g/mol. The molecule has 0 saturated carbocycles. The molecule has 3 heterocycles. The molecule has 2 aliphatic heterocycles. The first-order chi connectivity index (χ1) is 11.5. The Balaban J connectivity index is 1.62. The van der Waals surface area contributed by atoms with Crippen molar-refractivity contribution in [1.82, 2.24) is 14.8 Å². The van der Waals surface area contributed by atoms with E-state index in [0.29, 0.717) is 17.5 Å². The second-order valence-electron chi connectivity index (χ2n) is 8.07. The van der Waals surface area contributed by atoms with Crippen molar-refractivity contribution in [3.8, 4) is 0 Å². The van der Waals surface area contributed by atoms with E-state index in [1.54, 1.807) is 0 Å². The first-order valence-corrected chi connectivity index (χ1v) is 9.22. The predicted octanol–water partition coefficient (Wildman–Crippen LogP) is 2.40. The van der Waals surface area contributed by atoms with Crippen LogP contribution in [0.15, 0.2) is 0 Å². The minimum absolute atomic E-state index is 0.0638. The van der Waals surface area contributed by atoms with E-state index in [2.05, 4.69) is 16.9 Å². The summed E-state index contributed by atoms with van der Waals surface area (Å²) in [5, 5.41) is 0. The van der Waals surface area contributed by atoms with Crippen molar-refractivity contribution < 1.29 is 9.59 Å². The standard InChI is InChI=1S/C19H27N3O2/c1-13-16(17-14(20-13)5-3-6-15(17)23)18(24)22-9-4-7-19(12-22)8-10-21(2)11-19/h20H,3-12H2,1-2H3. The van der Waals surface area contributed by atoms with Crippen LogP contribution in [0.2, 0.25) is 0 Å². The van der Waals surface area contributed by atoms with Crippen LogP contribution in [-0.2, 0) is 6.42 Å². The van der Waals surface area contributed by atoms with E-state index in [1.165, 1.54) is 12.8 Å². The third-order valence-electron chi connectivity index (χ3n) is 6.17. The average Bonchev–Trinajstić information content (AvgIpc) is 3.07. The monoisotopic (exact) mass is 329 g/mol. The third kappa shape index (κ3) is 2.50. The summed E-state index contributed by atoms with van der Waals surface area (Å²) in [5.41, 5.74) is 3.43. The Morgan fingerprint density at radius 3 is 2.71 bits per heavy atom. The quantitative estimate of drug-likeness (QED) is 0.861. The molecule has 1 unspecified atom stereocenters. The van der Waals surface area contributed by atoms with E-state index in [-0.39, 0.29) is 17.1 Å². The van der Waals surface area contributed by atoms with Gasteiger partial charge in [-0.05, 0) is 52.6 Å². The van der Waals surface area contributed by atoms with E-state index in [9.17, 15) is 9.59 Å². The van der Waals surface area contributed by atoms with Gasteiger partial charge in [0, 0.05) is 42.9 Å². The highest BCUT2D eigenvalue weighted by Gasteiger charge is 2.42. The average molecular weight is 329 g/mol. The Kier molecular flexibility index (Phi) is 3.79. The number of carbonyl (C=O) groups is 2. The van der Waals surface area contributed by atoms with Crippen LogP contribution in [-0.4, -0.2) is 59.7 Å². The van der Waals surface area contributed by atoms with Crippen LogP contribution in [0.5, 0.6) is 0 Å². The molecule has 5 nitrogen and oxygen atoms in total. The van der Waals surface area contributed by atoms with Crippen molar-refractivity contribution in [1.29, 1.82) is 0 Å². The Hall–Kier alpha value is -1.62. The van der Waals surface area contributed by atoms with Gasteiger partial charge in [0.2, 0.25) is 0 Å². The molecule has 1 atom stereocenters. The van der Waals surface area contributed by atoms with Gasteiger partial charge in [-0.2, -0.15) is 0 Å². The summed E-state index contributed by atoms with van der Waals surface area (Å²) < 4.78 is 0. The van der Waals surface area contributed by atoms with Gasteiger partial charge in [0.1, 0.15) is 0 Å². The summed E-state index contributed by atoms with van der Waals surface area (Å²) >= 11 is 0. The smallest absolute Gasteiger partial charge is 0.256 e. The van der Waals surface area contributed by atoms with Crippen molar-refractivity contribution >= 4 is 11.7 Å². The van der Waals surface area contributed by atoms with Crippen LogP contribution in [0.3, 0.4) is 0 Å². The Morgan fingerprint density at radius 2 is 1.96 bits per heavy atom.